The van der Waals surface area contributed by atoms with E-state index in [9.17, 15) is 0 Å². The number of aryl methyl sites for hydroxylation is 1. The molecule has 19 heavy (non-hydrogen) atoms. The summed E-state index contributed by atoms with van der Waals surface area (Å²) in [5.74, 6) is 0.840. The number of hydrogen-bond donors (Lipinski definition) is 1. The summed E-state index contributed by atoms with van der Waals surface area (Å²) in [5, 5.41) is 4.44. The van der Waals surface area contributed by atoms with E-state index in [1.165, 1.54) is 18.4 Å². The van der Waals surface area contributed by atoms with E-state index < -0.39 is 0 Å². The van der Waals surface area contributed by atoms with Crippen LogP contribution in [0.4, 0.5) is 0 Å². The first-order chi connectivity index (χ1) is 9.15. The third kappa shape index (κ3) is 3.37. The third-order valence-corrected chi connectivity index (χ3v) is 4.30. The molecule has 3 atom stereocenters. The zero-order chi connectivity index (χ0) is 13.8. The molecule has 0 amide bonds. The zero-order valence-electron chi connectivity index (χ0n) is 12.5. The number of rotatable bonds is 5. The molecule has 2 N–H and O–H groups in total. The van der Waals surface area contributed by atoms with Crippen molar-refractivity contribution in [3.05, 3.63) is 18.0 Å². The normalized spacial score (nSPS) is 26.5. The predicted octanol–water partition coefficient (Wildman–Crippen LogP) is 2.41. The summed E-state index contributed by atoms with van der Waals surface area (Å²) in [4.78, 5) is 2.56. The molecule has 0 aliphatic carbocycles. The highest BCUT2D eigenvalue weighted by Gasteiger charge is 2.29. The monoisotopic (exact) mass is 264 g/mol. The molecule has 1 aromatic rings. The van der Waals surface area contributed by atoms with Gasteiger partial charge in [-0.2, -0.15) is 5.10 Å². The van der Waals surface area contributed by atoms with Crippen molar-refractivity contribution in [3.63, 3.8) is 0 Å². The van der Waals surface area contributed by atoms with Gasteiger partial charge in [0.15, 0.2) is 0 Å². The van der Waals surface area contributed by atoms with Crippen molar-refractivity contribution in [1.82, 2.24) is 14.7 Å². The van der Waals surface area contributed by atoms with E-state index in [1.54, 1.807) is 0 Å². The molecule has 0 aromatic carbocycles. The molecular formula is C15H28N4. The molecule has 1 aromatic heterocycles. The summed E-state index contributed by atoms with van der Waals surface area (Å²) in [5.41, 5.74) is 7.31. The molecule has 0 radical (unpaired) electrons. The number of nitrogens with two attached hydrogens (primary N) is 1. The van der Waals surface area contributed by atoms with Crippen molar-refractivity contribution < 1.29 is 0 Å². The second-order valence-electron chi connectivity index (χ2n) is 6.00. The second kappa shape index (κ2) is 6.53. The van der Waals surface area contributed by atoms with Crippen LogP contribution in [0.25, 0.3) is 0 Å². The number of aromatic nitrogens is 2. The summed E-state index contributed by atoms with van der Waals surface area (Å²) < 4.78 is 2.04. The summed E-state index contributed by atoms with van der Waals surface area (Å²) in [6.45, 7) is 9.68. The fraction of sp³-hybridized carbons (Fsp3) is 0.800. The maximum absolute atomic E-state index is 6.04. The fourth-order valence-electron chi connectivity index (χ4n) is 3.25. The summed E-state index contributed by atoms with van der Waals surface area (Å²) >= 11 is 0. The minimum absolute atomic E-state index is 0.327. The smallest absolute Gasteiger partial charge is 0.0538 e. The van der Waals surface area contributed by atoms with Gasteiger partial charge in [0, 0.05) is 30.9 Å². The average molecular weight is 264 g/mol. The largest absolute Gasteiger partial charge is 0.329 e. The lowest BCUT2D eigenvalue weighted by Gasteiger charge is -2.41. The van der Waals surface area contributed by atoms with Gasteiger partial charge in [-0.3, -0.25) is 9.58 Å². The van der Waals surface area contributed by atoms with Gasteiger partial charge in [0.05, 0.1) is 12.2 Å². The molecule has 0 spiro atoms. The first kappa shape index (κ1) is 14.5. The Hall–Kier alpha value is -0.870. The van der Waals surface area contributed by atoms with Gasteiger partial charge in [0.25, 0.3) is 0 Å². The number of piperidine rings is 1. The molecule has 4 nitrogen and oxygen atoms in total. The molecule has 4 heteroatoms. The van der Waals surface area contributed by atoms with Crippen LogP contribution in [0.15, 0.2) is 12.4 Å². The van der Waals surface area contributed by atoms with Crippen LogP contribution in [-0.4, -0.2) is 33.8 Å². The van der Waals surface area contributed by atoms with Crippen molar-refractivity contribution in [1.29, 1.82) is 0 Å². The van der Waals surface area contributed by atoms with Gasteiger partial charge in [-0.25, -0.2) is 0 Å². The van der Waals surface area contributed by atoms with E-state index in [0.29, 0.717) is 18.6 Å². The Morgan fingerprint density at radius 3 is 2.89 bits per heavy atom. The lowest BCUT2D eigenvalue weighted by molar-refractivity contribution is 0.0847. The molecule has 0 saturated carbocycles. The van der Waals surface area contributed by atoms with Crippen molar-refractivity contribution in [2.24, 2.45) is 11.7 Å². The third-order valence-electron chi connectivity index (χ3n) is 4.30. The number of nitrogens with zero attached hydrogens (tertiary/aromatic N) is 3. The molecule has 3 unspecified atom stereocenters. The van der Waals surface area contributed by atoms with E-state index in [0.717, 1.165) is 25.4 Å². The van der Waals surface area contributed by atoms with Crippen LogP contribution in [0, 0.1) is 5.92 Å². The highest BCUT2D eigenvalue weighted by Crippen LogP contribution is 2.30. The van der Waals surface area contributed by atoms with Gasteiger partial charge < -0.3 is 5.73 Å². The first-order valence-electron chi connectivity index (χ1n) is 7.63. The highest BCUT2D eigenvalue weighted by molar-refractivity contribution is 5.12. The Morgan fingerprint density at radius 2 is 2.26 bits per heavy atom. The van der Waals surface area contributed by atoms with E-state index in [-0.39, 0.29) is 0 Å². The molecule has 108 valence electrons. The Kier molecular flexibility index (Phi) is 4.99. The van der Waals surface area contributed by atoms with Crippen molar-refractivity contribution in [3.8, 4) is 0 Å². The van der Waals surface area contributed by atoms with Crippen LogP contribution in [0.3, 0.4) is 0 Å². The highest BCUT2D eigenvalue weighted by atomic mass is 15.3. The van der Waals surface area contributed by atoms with Crippen LogP contribution in [0.2, 0.25) is 0 Å². The van der Waals surface area contributed by atoms with E-state index in [2.05, 4.69) is 37.0 Å². The molecule has 2 rings (SSSR count). The Balaban J connectivity index is 2.09. The van der Waals surface area contributed by atoms with E-state index in [4.69, 9.17) is 5.73 Å². The van der Waals surface area contributed by atoms with E-state index in [1.807, 2.05) is 10.9 Å². The van der Waals surface area contributed by atoms with Crippen molar-refractivity contribution >= 4 is 0 Å². The SMILES string of the molecule is CCCn1cc(C(CN)N2CCC(C)CC2C)cn1. The fourth-order valence-corrected chi connectivity index (χ4v) is 3.25. The predicted molar refractivity (Wildman–Crippen MR) is 78.9 cm³/mol. The molecular weight excluding hydrogens is 236 g/mol. The minimum Gasteiger partial charge on any atom is -0.329 e. The number of likely N-dealkylation sites (tertiary alicyclic amines) is 1. The van der Waals surface area contributed by atoms with Crippen molar-refractivity contribution in [2.75, 3.05) is 13.1 Å². The minimum atomic E-state index is 0.327. The van der Waals surface area contributed by atoms with Crippen molar-refractivity contribution in [2.45, 2.75) is 58.7 Å². The first-order valence-corrected chi connectivity index (χ1v) is 7.63. The van der Waals surface area contributed by atoms with Gasteiger partial charge in [-0.05, 0) is 38.6 Å². The maximum Gasteiger partial charge on any atom is 0.0538 e. The van der Waals surface area contributed by atoms with Crippen LogP contribution in [0.5, 0.6) is 0 Å². The second-order valence-corrected chi connectivity index (χ2v) is 6.00. The topological polar surface area (TPSA) is 47.1 Å². The molecule has 1 fully saturated rings. The maximum atomic E-state index is 6.04. The van der Waals surface area contributed by atoms with Crippen LogP contribution >= 0.6 is 0 Å². The standard InChI is InChI=1S/C15H28N4/c1-4-6-18-11-14(10-17-18)15(9-16)19-7-5-12(2)8-13(19)3/h10-13,15H,4-9,16H2,1-3H3. The van der Waals surface area contributed by atoms with Gasteiger partial charge in [0.1, 0.15) is 0 Å². The molecule has 0 bridgehead atoms. The Bertz CT molecular complexity index is 387. The number of hydrogen-bond acceptors (Lipinski definition) is 3. The molecule has 1 saturated heterocycles. The quantitative estimate of drug-likeness (QED) is 0.888. The lowest BCUT2D eigenvalue weighted by atomic mass is 9.91. The average Bonchev–Trinajstić information content (AvgIpc) is 2.82. The Labute approximate surface area is 117 Å². The summed E-state index contributed by atoms with van der Waals surface area (Å²) in [6, 6.07) is 0.944. The molecule has 2 heterocycles. The summed E-state index contributed by atoms with van der Waals surface area (Å²) in [6.07, 6.45) is 7.85. The zero-order valence-corrected chi connectivity index (χ0v) is 12.5. The van der Waals surface area contributed by atoms with Gasteiger partial charge in [0.2, 0.25) is 0 Å². The van der Waals surface area contributed by atoms with Crippen LogP contribution in [-0.2, 0) is 6.54 Å². The molecule has 1 aliphatic heterocycles. The van der Waals surface area contributed by atoms with Gasteiger partial charge in [-0.1, -0.05) is 13.8 Å². The summed E-state index contributed by atoms with van der Waals surface area (Å²) in [7, 11) is 0. The lowest BCUT2D eigenvalue weighted by Crippen LogP contribution is -2.44. The Morgan fingerprint density at radius 1 is 1.47 bits per heavy atom. The molecule has 1 aliphatic rings. The van der Waals surface area contributed by atoms with Gasteiger partial charge >= 0.3 is 0 Å². The van der Waals surface area contributed by atoms with Gasteiger partial charge in [-0.15, -0.1) is 0 Å². The van der Waals surface area contributed by atoms with Crippen LogP contribution in [0.1, 0.15) is 51.6 Å². The van der Waals surface area contributed by atoms with E-state index >= 15 is 0 Å². The van der Waals surface area contributed by atoms with Crippen LogP contribution < -0.4 is 5.73 Å².